The lowest BCUT2D eigenvalue weighted by atomic mass is 10.2. The summed E-state index contributed by atoms with van der Waals surface area (Å²) < 4.78 is 0. The van der Waals surface area contributed by atoms with Gasteiger partial charge in [-0.2, -0.15) is 0 Å². The summed E-state index contributed by atoms with van der Waals surface area (Å²) in [7, 11) is 0. The summed E-state index contributed by atoms with van der Waals surface area (Å²) in [6, 6.07) is 6.66. The molecule has 78 valence electrons. The van der Waals surface area contributed by atoms with Gasteiger partial charge in [0.25, 0.3) is 0 Å². The van der Waals surface area contributed by atoms with Gasteiger partial charge in [0.05, 0.1) is 5.56 Å². The molecule has 0 aromatic heterocycles. The average molecular weight is 203 g/mol. The smallest absolute Gasteiger partial charge is 0.335 e. The van der Waals surface area contributed by atoms with Crippen LogP contribution in [0.4, 0.5) is 5.69 Å². The number of hydrogen-bond donors (Lipinski definition) is 2. The molecule has 0 unspecified atom stereocenters. The van der Waals surface area contributed by atoms with Crippen molar-refractivity contribution in [3.63, 3.8) is 0 Å². The molecule has 0 amide bonds. The van der Waals surface area contributed by atoms with Crippen LogP contribution in [0.1, 0.15) is 23.7 Å². The highest BCUT2D eigenvalue weighted by Crippen LogP contribution is 2.09. The average Bonchev–Trinajstić information content (AvgIpc) is 2.25. The first-order valence-corrected chi connectivity index (χ1v) is 4.71. The van der Waals surface area contributed by atoms with Crippen LogP contribution in [0.3, 0.4) is 0 Å². The molecular weight excluding hydrogens is 190 g/mol. The topological polar surface area (TPSA) is 49.3 Å². The van der Waals surface area contributed by atoms with E-state index in [0.29, 0.717) is 5.56 Å². The Hall–Kier alpha value is -1.95. The normalized spacial score (nSPS) is 8.87. The standard InChI is InChI=1S/C12H13NO2/c1-2-3-4-9-13-11-7-5-10(6-8-11)12(14)15/h5-8,13H,4,9H2,1H3,(H,14,15). The Morgan fingerprint density at radius 1 is 1.40 bits per heavy atom. The second-order valence-electron chi connectivity index (χ2n) is 2.99. The van der Waals surface area contributed by atoms with Crippen molar-refractivity contribution in [2.24, 2.45) is 0 Å². The van der Waals surface area contributed by atoms with Gasteiger partial charge in [-0.3, -0.25) is 0 Å². The minimum atomic E-state index is -0.904. The SMILES string of the molecule is CC#CCCNc1ccc(C(=O)O)cc1. The molecule has 0 fully saturated rings. The maximum absolute atomic E-state index is 10.6. The van der Waals surface area contributed by atoms with Crippen LogP contribution >= 0.6 is 0 Å². The fraction of sp³-hybridized carbons (Fsp3) is 0.250. The highest BCUT2D eigenvalue weighted by atomic mass is 16.4. The van der Waals surface area contributed by atoms with Gasteiger partial charge >= 0.3 is 5.97 Å². The first kappa shape index (κ1) is 11.1. The molecule has 0 aliphatic carbocycles. The van der Waals surface area contributed by atoms with Crippen molar-refractivity contribution >= 4 is 11.7 Å². The summed E-state index contributed by atoms with van der Waals surface area (Å²) in [5.74, 6) is 4.85. The molecule has 15 heavy (non-hydrogen) atoms. The lowest BCUT2D eigenvalue weighted by Crippen LogP contribution is -2.01. The van der Waals surface area contributed by atoms with Crippen molar-refractivity contribution in [3.05, 3.63) is 29.8 Å². The highest BCUT2D eigenvalue weighted by molar-refractivity contribution is 5.87. The summed E-state index contributed by atoms with van der Waals surface area (Å²) in [6.45, 7) is 2.58. The summed E-state index contributed by atoms with van der Waals surface area (Å²) in [5.41, 5.74) is 1.21. The number of anilines is 1. The van der Waals surface area contributed by atoms with E-state index in [4.69, 9.17) is 5.11 Å². The van der Waals surface area contributed by atoms with E-state index in [2.05, 4.69) is 17.2 Å². The van der Waals surface area contributed by atoms with Crippen molar-refractivity contribution in [2.75, 3.05) is 11.9 Å². The number of carboxylic acid groups (broad SMARTS) is 1. The molecule has 1 aromatic rings. The van der Waals surface area contributed by atoms with Gasteiger partial charge in [-0.15, -0.1) is 11.8 Å². The Kier molecular flexibility index (Phi) is 4.24. The molecule has 0 atom stereocenters. The molecule has 3 heteroatoms. The Morgan fingerprint density at radius 2 is 2.07 bits per heavy atom. The quantitative estimate of drug-likeness (QED) is 0.582. The third-order valence-electron chi connectivity index (χ3n) is 1.89. The fourth-order valence-electron chi connectivity index (χ4n) is 1.12. The van der Waals surface area contributed by atoms with E-state index in [1.165, 1.54) is 0 Å². The van der Waals surface area contributed by atoms with Crippen LogP contribution in [0.15, 0.2) is 24.3 Å². The van der Waals surface area contributed by atoms with E-state index in [1.54, 1.807) is 24.3 Å². The third kappa shape index (κ3) is 3.74. The minimum absolute atomic E-state index is 0.300. The van der Waals surface area contributed by atoms with Crippen molar-refractivity contribution in [1.82, 2.24) is 0 Å². The van der Waals surface area contributed by atoms with Crippen LogP contribution < -0.4 is 5.32 Å². The first-order valence-electron chi connectivity index (χ1n) is 4.71. The van der Waals surface area contributed by atoms with E-state index in [1.807, 2.05) is 6.92 Å². The van der Waals surface area contributed by atoms with Gasteiger partial charge in [-0.05, 0) is 31.2 Å². The molecule has 0 aliphatic rings. The Bertz CT molecular complexity index is 384. The maximum atomic E-state index is 10.6. The summed E-state index contributed by atoms with van der Waals surface area (Å²) in [6.07, 6.45) is 0.789. The second-order valence-corrected chi connectivity index (χ2v) is 2.99. The molecule has 3 nitrogen and oxygen atoms in total. The van der Waals surface area contributed by atoms with Gasteiger partial charge in [-0.1, -0.05) is 0 Å². The summed E-state index contributed by atoms with van der Waals surface area (Å²) in [4.78, 5) is 10.6. The van der Waals surface area contributed by atoms with Gasteiger partial charge in [0.15, 0.2) is 0 Å². The molecule has 2 N–H and O–H groups in total. The largest absolute Gasteiger partial charge is 0.478 e. The number of carbonyl (C=O) groups is 1. The van der Waals surface area contributed by atoms with Gasteiger partial charge in [0, 0.05) is 18.7 Å². The van der Waals surface area contributed by atoms with Crippen LogP contribution in [0.5, 0.6) is 0 Å². The zero-order valence-electron chi connectivity index (χ0n) is 8.58. The van der Waals surface area contributed by atoms with E-state index < -0.39 is 5.97 Å². The van der Waals surface area contributed by atoms with Gasteiger partial charge in [0.1, 0.15) is 0 Å². The molecule has 0 radical (unpaired) electrons. The molecule has 0 bridgehead atoms. The summed E-state index contributed by atoms with van der Waals surface area (Å²) in [5, 5.41) is 11.8. The Balaban J connectivity index is 2.48. The lowest BCUT2D eigenvalue weighted by molar-refractivity contribution is 0.0697. The van der Waals surface area contributed by atoms with E-state index in [-0.39, 0.29) is 0 Å². The van der Waals surface area contributed by atoms with Crippen LogP contribution in [0.25, 0.3) is 0 Å². The molecular formula is C12H13NO2. The molecule has 1 rings (SSSR count). The summed E-state index contributed by atoms with van der Waals surface area (Å²) >= 11 is 0. The van der Waals surface area contributed by atoms with Crippen molar-refractivity contribution in [2.45, 2.75) is 13.3 Å². The zero-order chi connectivity index (χ0) is 11.1. The van der Waals surface area contributed by atoms with Crippen LogP contribution in [-0.4, -0.2) is 17.6 Å². The molecule has 0 spiro atoms. The highest BCUT2D eigenvalue weighted by Gasteiger charge is 2.00. The van der Waals surface area contributed by atoms with Crippen LogP contribution in [-0.2, 0) is 0 Å². The van der Waals surface area contributed by atoms with Gasteiger partial charge in [-0.25, -0.2) is 4.79 Å². The van der Waals surface area contributed by atoms with E-state index in [9.17, 15) is 4.79 Å². The van der Waals surface area contributed by atoms with Crippen molar-refractivity contribution in [3.8, 4) is 11.8 Å². The number of rotatable bonds is 4. The number of nitrogens with one attached hydrogen (secondary N) is 1. The molecule has 0 saturated heterocycles. The minimum Gasteiger partial charge on any atom is -0.478 e. The number of hydrogen-bond acceptors (Lipinski definition) is 2. The molecule has 1 aromatic carbocycles. The zero-order valence-corrected chi connectivity index (χ0v) is 8.58. The predicted octanol–water partition coefficient (Wildman–Crippen LogP) is 2.21. The molecule has 0 heterocycles. The number of aromatic carboxylic acids is 1. The Labute approximate surface area is 89.1 Å². The fourth-order valence-corrected chi connectivity index (χ4v) is 1.12. The van der Waals surface area contributed by atoms with Crippen LogP contribution in [0, 0.1) is 11.8 Å². The van der Waals surface area contributed by atoms with Gasteiger partial charge < -0.3 is 10.4 Å². The lowest BCUT2D eigenvalue weighted by Gasteiger charge is -2.03. The molecule has 0 saturated carbocycles. The van der Waals surface area contributed by atoms with Gasteiger partial charge in [0.2, 0.25) is 0 Å². The Morgan fingerprint density at radius 3 is 2.60 bits per heavy atom. The van der Waals surface area contributed by atoms with E-state index in [0.717, 1.165) is 18.7 Å². The first-order chi connectivity index (χ1) is 7.24. The third-order valence-corrected chi connectivity index (χ3v) is 1.89. The number of benzene rings is 1. The predicted molar refractivity (Wildman–Crippen MR) is 60.0 cm³/mol. The van der Waals surface area contributed by atoms with Crippen LogP contribution in [0.2, 0.25) is 0 Å². The van der Waals surface area contributed by atoms with Crippen molar-refractivity contribution < 1.29 is 9.90 Å². The monoisotopic (exact) mass is 203 g/mol. The van der Waals surface area contributed by atoms with E-state index >= 15 is 0 Å². The number of carboxylic acids is 1. The van der Waals surface area contributed by atoms with Crippen molar-refractivity contribution in [1.29, 1.82) is 0 Å². The second kappa shape index (κ2) is 5.71. The molecule has 0 aliphatic heterocycles. The maximum Gasteiger partial charge on any atom is 0.335 e.